The number of esters is 1. The fourth-order valence-electron chi connectivity index (χ4n) is 2.80. The summed E-state index contributed by atoms with van der Waals surface area (Å²) >= 11 is 0. The van der Waals surface area contributed by atoms with Crippen molar-refractivity contribution in [3.8, 4) is 23.0 Å². The van der Waals surface area contributed by atoms with Gasteiger partial charge in [-0.1, -0.05) is 6.07 Å². The highest BCUT2D eigenvalue weighted by Gasteiger charge is 2.18. The van der Waals surface area contributed by atoms with E-state index in [1.54, 1.807) is 31.3 Å². The first-order valence-electron chi connectivity index (χ1n) is 9.34. The van der Waals surface area contributed by atoms with Gasteiger partial charge in [-0.2, -0.15) is 0 Å². The monoisotopic (exact) mass is 417 g/mol. The SMILES string of the molecule is CCN(Cc1ccc(OC)c(OC)c1)C(=O)COC(=O)c1cc(OC)cc(OC)c1. The molecule has 8 nitrogen and oxygen atoms in total. The fourth-order valence-corrected chi connectivity index (χ4v) is 2.80. The number of carbonyl (C=O) groups is 2. The molecule has 2 aromatic carbocycles. The van der Waals surface area contributed by atoms with Gasteiger partial charge in [-0.15, -0.1) is 0 Å². The van der Waals surface area contributed by atoms with Crippen molar-refractivity contribution in [2.24, 2.45) is 0 Å². The molecule has 0 saturated carbocycles. The number of nitrogens with zero attached hydrogens (tertiary/aromatic N) is 1. The van der Waals surface area contributed by atoms with Gasteiger partial charge in [-0.3, -0.25) is 4.79 Å². The molecule has 30 heavy (non-hydrogen) atoms. The molecule has 0 bridgehead atoms. The molecule has 0 spiro atoms. The van der Waals surface area contributed by atoms with Crippen LogP contribution in [0.1, 0.15) is 22.8 Å². The smallest absolute Gasteiger partial charge is 0.338 e. The normalized spacial score (nSPS) is 10.2. The van der Waals surface area contributed by atoms with Crippen LogP contribution in [0.2, 0.25) is 0 Å². The van der Waals surface area contributed by atoms with Crippen molar-refractivity contribution in [1.82, 2.24) is 4.90 Å². The predicted molar refractivity (Wildman–Crippen MR) is 110 cm³/mol. The highest BCUT2D eigenvalue weighted by Crippen LogP contribution is 2.28. The Hall–Kier alpha value is -3.42. The highest BCUT2D eigenvalue weighted by atomic mass is 16.5. The zero-order valence-electron chi connectivity index (χ0n) is 17.9. The Kier molecular flexibility index (Phi) is 8.34. The quantitative estimate of drug-likeness (QED) is 0.550. The molecule has 1 amide bonds. The summed E-state index contributed by atoms with van der Waals surface area (Å²) in [4.78, 5) is 26.5. The summed E-state index contributed by atoms with van der Waals surface area (Å²) in [6, 6.07) is 10.1. The summed E-state index contributed by atoms with van der Waals surface area (Å²) < 4.78 is 26.0. The van der Waals surface area contributed by atoms with Crippen LogP contribution in [0.25, 0.3) is 0 Å². The van der Waals surface area contributed by atoms with E-state index < -0.39 is 5.97 Å². The molecular weight excluding hydrogens is 390 g/mol. The fraction of sp³-hybridized carbons (Fsp3) is 0.364. The number of methoxy groups -OCH3 is 4. The van der Waals surface area contributed by atoms with Crippen LogP contribution in [0.3, 0.4) is 0 Å². The van der Waals surface area contributed by atoms with E-state index in [1.165, 1.54) is 26.4 Å². The summed E-state index contributed by atoms with van der Waals surface area (Å²) in [5.41, 5.74) is 1.11. The summed E-state index contributed by atoms with van der Waals surface area (Å²) in [7, 11) is 6.09. The number of hydrogen-bond donors (Lipinski definition) is 0. The summed E-state index contributed by atoms with van der Waals surface area (Å²) in [5, 5.41) is 0. The maximum atomic E-state index is 12.6. The molecule has 0 aliphatic rings. The van der Waals surface area contributed by atoms with Gasteiger partial charge in [-0.05, 0) is 36.8 Å². The number of rotatable bonds is 10. The molecule has 0 unspecified atom stereocenters. The highest BCUT2D eigenvalue weighted by molar-refractivity contribution is 5.92. The number of amides is 1. The maximum Gasteiger partial charge on any atom is 0.338 e. The van der Waals surface area contributed by atoms with E-state index in [-0.39, 0.29) is 18.1 Å². The van der Waals surface area contributed by atoms with Crippen LogP contribution in [0.15, 0.2) is 36.4 Å². The molecule has 0 atom stereocenters. The topological polar surface area (TPSA) is 83.5 Å². The predicted octanol–water partition coefficient (Wildman–Crippen LogP) is 2.93. The van der Waals surface area contributed by atoms with Gasteiger partial charge in [0.15, 0.2) is 18.1 Å². The van der Waals surface area contributed by atoms with Crippen LogP contribution >= 0.6 is 0 Å². The summed E-state index contributed by atoms with van der Waals surface area (Å²) in [6.07, 6.45) is 0. The molecule has 0 radical (unpaired) electrons. The number of hydrogen-bond acceptors (Lipinski definition) is 7. The van der Waals surface area contributed by atoms with E-state index in [0.29, 0.717) is 36.1 Å². The molecule has 2 rings (SSSR count). The molecule has 0 aliphatic carbocycles. The van der Waals surface area contributed by atoms with Crippen LogP contribution in [-0.2, 0) is 16.1 Å². The minimum atomic E-state index is -0.636. The molecule has 0 aliphatic heterocycles. The first-order valence-corrected chi connectivity index (χ1v) is 9.34. The average Bonchev–Trinajstić information content (AvgIpc) is 2.79. The molecule has 0 N–H and O–H groups in total. The third-order valence-electron chi connectivity index (χ3n) is 4.47. The lowest BCUT2D eigenvalue weighted by atomic mass is 10.2. The second kappa shape index (κ2) is 10.9. The molecule has 8 heteroatoms. The van der Waals surface area contributed by atoms with Crippen LogP contribution in [0.5, 0.6) is 23.0 Å². The van der Waals surface area contributed by atoms with E-state index >= 15 is 0 Å². The Morgan fingerprint density at radius 3 is 2.00 bits per heavy atom. The van der Waals surface area contributed by atoms with Gasteiger partial charge in [0.2, 0.25) is 0 Å². The van der Waals surface area contributed by atoms with Crippen molar-refractivity contribution in [1.29, 1.82) is 0 Å². The third-order valence-corrected chi connectivity index (χ3v) is 4.47. The number of likely N-dealkylation sites (N-methyl/N-ethyl adjacent to an activating group) is 1. The largest absolute Gasteiger partial charge is 0.497 e. The third kappa shape index (κ3) is 5.79. The minimum Gasteiger partial charge on any atom is -0.497 e. The second-order valence-corrected chi connectivity index (χ2v) is 6.27. The van der Waals surface area contributed by atoms with E-state index in [0.717, 1.165) is 5.56 Å². The Morgan fingerprint density at radius 2 is 1.47 bits per heavy atom. The van der Waals surface area contributed by atoms with Gasteiger partial charge in [0.05, 0.1) is 34.0 Å². The van der Waals surface area contributed by atoms with Crippen molar-refractivity contribution in [3.05, 3.63) is 47.5 Å². The average molecular weight is 417 g/mol. The zero-order chi connectivity index (χ0) is 22.1. The van der Waals surface area contributed by atoms with Crippen molar-refractivity contribution < 1.29 is 33.3 Å². The van der Waals surface area contributed by atoms with Crippen molar-refractivity contribution in [2.75, 3.05) is 41.6 Å². The molecule has 0 aromatic heterocycles. The Balaban J connectivity index is 2.03. The molecule has 2 aromatic rings. The van der Waals surface area contributed by atoms with E-state index in [9.17, 15) is 9.59 Å². The Bertz CT molecular complexity index is 860. The molecule has 0 heterocycles. The molecule has 0 saturated heterocycles. The van der Waals surface area contributed by atoms with Gasteiger partial charge in [0, 0.05) is 19.2 Å². The van der Waals surface area contributed by atoms with E-state index in [4.69, 9.17) is 23.7 Å². The Labute approximate surface area is 176 Å². The van der Waals surface area contributed by atoms with Gasteiger partial charge in [0.25, 0.3) is 5.91 Å². The summed E-state index contributed by atoms with van der Waals surface area (Å²) in [5.74, 6) is 1.15. The second-order valence-electron chi connectivity index (χ2n) is 6.27. The molecule has 0 fully saturated rings. The van der Waals surface area contributed by atoms with E-state index in [2.05, 4.69) is 0 Å². The lowest BCUT2D eigenvalue weighted by Crippen LogP contribution is -2.34. The zero-order valence-corrected chi connectivity index (χ0v) is 17.9. The van der Waals surface area contributed by atoms with Crippen molar-refractivity contribution in [2.45, 2.75) is 13.5 Å². The lowest BCUT2D eigenvalue weighted by Gasteiger charge is -2.21. The maximum absolute atomic E-state index is 12.6. The van der Waals surface area contributed by atoms with Crippen LogP contribution in [-0.4, -0.2) is 58.4 Å². The number of ether oxygens (including phenoxy) is 5. The van der Waals surface area contributed by atoms with Crippen molar-refractivity contribution >= 4 is 11.9 Å². The number of carbonyl (C=O) groups excluding carboxylic acids is 2. The van der Waals surface area contributed by atoms with Gasteiger partial charge < -0.3 is 28.6 Å². The Morgan fingerprint density at radius 1 is 0.833 bits per heavy atom. The van der Waals surface area contributed by atoms with Gasteiger partial charge in [0.1, 0.15) is 11.5 Å². The standard InChI is InChI=1S/C22H27NO7/c1-6-23(13-15-7-8-19(28-4)20(9-15)29-5)21(24)14-30-22(25)16-10-17(26-2)12-18(11-16)27-3/h7-12H,6,13-14H2,1-5H3. The van der Waals surface area contributed by atoms with Crippen molar-refractivity contribution in [3.63, 3.8) is 0 Å². The van der Waals surface area contributed by atoms with Gasteiger partial charge >= 0.3 is 5.97 Å². The first-order chi connectivity index (χ1) is 14.4. The minimum absolute atomic E-state index is 0.238. The lowest BCUT2D eigenvalue weighted by molar-refractivity contribution is -0.134. The molecular formula is C22H27NO7. The number of benzene rings is 2. The van der Waals surface area contributed by atoms with Crippen LogP contribution in [0, 0.1) is 0 Å². The van der Waals surface area contributed by atoms with Crippen LogP contribution in [0.4, 0.5) is 0 Å². The van der Waals surface area contributed by atoms with E-state index in [1.807, 2.05) is 19.1 Å². The summed E-state index contributed by atoms with van der Waals surface area (Å²) in [6.45, 7) is 2.28. The first kappa shape index (κ1) is 22.9. The molecule has 162 valence electrons. The van der Waals surface area contributed by atoms with Gasteiger partial charge in [-0.25, -0.2) is 4.79 Å². The van der Waals surface area contributed by atoms with Crippen LogP contribution < -0.4 is 18.9 Å².